The number of hydrogen-bond donors (Lipinski definition) is 2. The van der Waals surface area contributed by atoms with Crippen molar-refractivity contribution in [2.45, 2.75) is 52.0 Å². The molecular formula is C24H34IN3O2. The molecule has 2 aromatic carbocycles. The van der Waals surface area contributed by atoms with Crippen LogP contribution in [0.15, 0.2) is 59.6 Å². The molecule has 1 fully saturated rings. The summed E-state index contributed by atoms with van der Waals surface area (Å²) in [7, 11) is 0. The highest BCUT2D eigenvalue weighted by molar-refractivity contribution is 14.0. The van der Waals surface area contributed by atoms with Crippen LogP contribution in [0.4, 0.5) is 0 Å². The van der Waals surface area contributed by atoms with E-state index in [1.54, 1.807) is 0 Å². The molecule has 0 saturated carbocycles. The Morgan fingerprint density at radius 3 is 2.47 bits per heavy atom. The van der Waals surface area contributed by atoms with E-state index in [9.17, 15) is 0 Å². The quantitative estimate of drug-likeness (QED) is 0.286. The average Bonchev–Trinajstić information content (AvgIpc) is 3.18. The summed E-state index contributed by atoms with van der Waals surface area (Å²) in [5.74, 6) is 0.823. The van der Waals surface area contributed by atoms with E-state index in [1.807, 2.05) is 18.2 Å². The number of ether oxygens (including phenoxy) is 2. The number of halogens is 1. The topological polar surface area (TPSA) is 54.9 Å². The van der Waals surface area contributed by atoms with E-state index in [2.05, 4.69) is 60.9 Å². The minimum atomic E-state index is -0.0978. The minimum Gasteiger partial charge on any atom is -0.373 e. The monoisotopic (exact) mass is 523 g/mol. The van der Waals surface area contributed by atoms with Crippen LogP contribution in [0.2, 0.25) is 0 Å². The lowest BCUT2D eigenvalue weighted by Crippen LogP contribution is -2.45. The zero-order valence-electron chi connectivity index (χ0n) is 18.0. The number of nitrogens with one attached hydrogen (secondary N) is 2. The molecular weight excluding hydrogens is 489 g/mol. The highest BCUT2D eigenvalue weighted by Crippen LogP contribution is 2.23. The summed E-state index contributed by atoms with van der Waals surface area (Å²) in [5.41, 5.74) is 3.44. The molecule has 0 amide bonds. The van der Waals surface area contributed by atoms with Crippen molar-refractivity contribution in [3.63, 3.8) is 0 Å². The zero-order valence-corrected chi connectivity index (χ0v) is 20.4. The fourth-order valence-electron chi connectivity index (χ4n) is 3.46. The standard InChI is InChI=1S/C24H33N3O2.HI/c1-3-25-23(27-19-24(2)14-9-15-29-24)26-16-21-12-7-8-13-22(21)18-28-17-20-10-5-4-6-11-20;/h4-8,10-13H,3,9,14-19H2,1-2H3,(H2,25,26,27);1H. The largest absolute Gasteiger partial charge is 0.373 e. The van der Waals surface area contributed by atoms with E-state index in [-0.39, 0.29) is 29.6 Å². The van der Waals surface area contributed by atoms with Crippen LogP contribution in [0.25, 0.3) is 0 Å². The summed E-state index contributed by atoms with van der Waals surface area (Å²) in [6.07, 6.45) is 2.21. The average molecular weight is 523 g/mol. The van der Waals surface area contributed by atoms with Gasteiger partial charge in [-0.1, -0.05) is 54.6 Å². The lowest BCUT2D eigenvalue weighted by atomic mass is 10.0. The molecule has 0 aromatic heterocycles. The van der Waals surface area contributed by atoms with Crippen LogP contribution >= 0.6 is 24.0 Å². The first kappa shape index (κ1) is 24.6. The van der Waals surface area contributed by atoms with E-state index in [0.717, 1.165) is 38.5 Å². The fourth-order valence-corrected chi connectivity index (χ4v) is 3.46. The first-order valence-electron chi connectivity index (χ1n) is 10.5. The van der Waals surface area contributed by atoms with Gasteiger partial charge in [-0.3, -0.25) is 0 Å². The lowest BCUT2D eigenvalue weighted by molar-refractivity contribution is 0.0243. The highest BCUT2D eigenvalue weighted by atomic mass is 127. The Kier molecular flexibility index (Phi) is 10.6. The van der Waals surface area contributed by atoms with Gasteiger partial charge >= 0.3 is 0 Å². The first-order chi connectivity index (χ1) is 14.2. The smallest absolute Gasteiger partial charge is 0.191 e. The van der Waals surface area contributed by atoms with Crippen LogP contribution in [0, 0.1) is 0 Å². The van der Waals surface area contributed by atoms with Crippen molar-refractivity contribution in [2.75, 3.05) is 19.7 Å². The van der Waals surface area contributed by atoms with Crippen LogP contribution in [-0.4, -0.2) is 31.3 Å². The van der Waals surface area contributed by atoms with Gasteiger partial charge in [0.05, 0.1) is 25.4 Å². The van der Waals surface area contributed by atoms with Crippen LogP contribution in [0.3, 0.4) is 0 Å². The summed E-state index contributed by atoms with van der Waals surface area (Å²) in [4.78, 5) is 4.79. The molecule has 2 N–H and O–H groups in total. The maximum absolute atomic E-state index is 5.93. The summed E-state index contributed by atoms with van der Waals surface area (Å²) >= 11 is 0. The van der Waals surface area contributed by atoms with Gasteiger partial charge in [0.1, 0.15) is 0 Å². The van der Waals surface area contributed by atoms with Crippen LogP contribution in [0.1, 0.15) is 43.4 Å². The molecule has 3 rings (SSSR count). The van der Waals surface area contributed by atoms with Crippen LogP contribution < -0.4 is 10.6 Å². The van der Waals surface area contributed by atoms with Crippen LogP contribution in [0.5, 0.6) is 0 Å². The summed E-state index contributed by atoms with van der Waals surface area (Å²) in [5, 5.41) is 6.77. The van der Waals surface area contributed by atoms with Gasteiger partial charge in [0.2, 0.25) is 0 Å². The van der Waals surface area contributed by atoms with Crippen molar-refractivity contribution in [3.05, 3.63) is 71.3 Å². The molecule has 5 nitrogen and oxygen atoms in total. The van der Waals surface area contributed by atoms with Crippen molar-refractivity contribution in [1.82, 2.24) is 10.6 Å². The van der Waals surface area contributed by atoms with Crippen molar-refractivity contribution in [3.8, 4) is 0 Å². The Morgan fingerprint density at radius 2 is 1.77 bits per heavy atom. The SMILES string of the molecule is CCNC(=NCc1ccccc1COCc1ccccc1)NCC1(C)CCCO1.I. The molecule has 0 aliphatic carbocycles. The van der Waals surface area contributed by atoms with Crippen molar-refractivity contribution < 1.29 is 9.47 Å². The lowest BCUT2D eigenvalue weighted by Gasteiger charge is -2.24. The molecule has 1 aliphatic heterocycles. The van der Waals surface area contributed by atoms with Gasteiger partial charge < -0.3 is 20.1 Å². The van der Waals surface area contributed by atoms with Gasteiger partial charge in [-0.15, -0.1) is 24.0 Å². The second-order valence-electron chi connectivity index (χ2n) is 7.70. The third-order valence-electron chi connectivity index (χ3n) is 5.17. The molecule has 30 heavy (non-hydrogen) atoms. The summed E-state index contributed by atoms with van der Waals surface area (Å²) in [6.45, 7) is 8.48. The second-order valence-corrected chi connectivity index (χ2v) is 7.70. The maximum atomic E-state index is 5.93. The number of aliphatic imine (C=N–C) groups is 1. The Morgan fingerprint density at radius 1 is 1.03 bits per heavy atom. The van der Waals surface area contributed by atoms with Gasteiger partial charge in [-0.2, -0.15) is 0 Å². The Bertz CT molecular complexity index is 777. The number of guanidine groups is 1. The molecule has 0 radical (unpaired) electrons. The third kappa shape index (κ3) is 7.89. The third-order valence-corrected chi connectivity index (χ3v) is 5.17. The van der Waals surface area contributed by atoms with Crippen molar-refractivity contribution in [1.29, 1.82) is 0 Å². The van der Waals surface area contributed by atoms with Gasteiger partial charge in [-0.05, 0) is 43.4 Å². The van der Waals surface area contributed by atoms with Gasteiger partial charge in [0.15, 0.2) is 5.96 Å². The molecule has 1 unspecified atom stereocenters. The molecule has 6 heteroatoms. The van der Waals surface area contributed by atoms with Crippen molar-refractivity contribution in [2.24, 2.45) is 4.99 Å². The summed E-state index contributed by atoms with van der Waals surface area (Å²) in [6, 6.07) is 18.6. The Balaban J connectivity index is 0.00000320. The maximum Gasteiger partial charge on any atom is 0.191 e. The Labute approximate surface area is 197 Å². The van der Waals surface area contributed by atoms with Gasteiger partial charge in [0, 0.05) is 19.7 Å². The fraction of sp³-hybridized carbons (Fsp3) is 0.458. The van der Waals surface area contributed by atoms with E-state index in [4.69, 9.17) is 14.5 Å². The molecule has 1 aliphatic rings. The van der Waals surface area contributed by atoms with E-state index < -0.39 is 0 Å². The molecule has 1 heterocycles. The zero-order chi connectivity index (χ0) is 20.4. The van der Waals surface area contributed by atoms with Gasteiger partial charge in [-0.25, -0.2) is 4.99 Å². The summed E-state index contributed by atoms with van der Waals surface area (Å²) < 4.78 is 11.8. The Hall–Kier alpha value is -1.64. The number of benzene rings is 2. The number of rotatable bonds is 9. The number of nitrogens with zero attached hydrogens (tertiary/aromatic N) is 1. The van der Waals surface area contributed by atoms with E-state index in [0.29, 0.717) is 19.8 Å². The minimum absolute atomic E-state index is 0. The van der Waals surface area contributed by atoms with Gasteiger partial charge in [0.25, 0.3) is 0 Å². The first-order valence-corrected chi connectivity index (χ1v) is 10.5. The van der Waals surface area contributed by atoms with E-state index >= 15 is 0 Å². The molecule has 0 bridgehead atoms. The molecule has 2 aromatic rings. The predicted molar refractivity (Wildman–Crippen MR) is 133 cm³/mol. The van der Waals surface area contributed by atoms with Crippen LogP contribution in [-0.2, 0) is 29.2 Å². The second kappa shape index (κ2) is 12.9. The molecule has 1 atom stereocenters. The van der Waals surface area contributed by atoms with E-state index in [1.165, 1.54) is 16.7 Å². The molecule has 164 valence electrons. The van der Waals surface area contributed by atoms with Crippen molar-refractivity contribution >= 4 is 29.9 Å². The normalized spacial score (nSPS) is 18.7. The molecule has 1 saturated heterocycles. The highest BCUT2D eigenvalue weighted by Gasteiger charge is 2.29. The predicted octanol–water partition coefficient (Wildman–Crippen LogP) is 4.65. The number of hydrogen-bond acceptors (Lipinski definition) is 3. The molecule has 0 spiro atoms.